The van der Waals surface area contributed by atoms with Crippen LogP contribution in [0.15, 0.2) is 0 Å². The minimum absolute atomic E-state index is 0.112. The predicted octanol–water partition coefficient (Wildman–Crippen LogP) is 4.71. The largest absolute Gasteiger partial charge is 0.396 e. The van der Waals surface area contributed by atoms with Crippen molar-refractivity contribution < 1.29 is 20.4 Å². The SMILES string of the molecule is OCCCCCCCCCCC(O)CCCCCCCCCC(O)CO. The Hall–Kier alpha value is -0.160. The molecule has 0 bridgehead atoms. The number of hydrogen-bond acceptors (Lipinski definition) is 4. The Kier molecular flexibility index (Phi) is 21.0. The maximum absolute atomic E-state index is 10.0. The van der Waals surface area contributed by atoms with E-state index in [0.29, 0.717) is 13.0 Å². The molecule has 4 nitrogen and oxygen atoms in total. The quantitative estimate of drug-likeness (QED) is 0.219. The summed E-state index contributed by atoms with van der Waals surface area (Å²) in [6.07, 6.45) is 19.7. The molecular formula is C22H46O4. The lowest BCUT2D eigenvalue weighted by Gasteiger charge is -2.10. The van der Waals surface area contributed by atoms with Crippen molar-refractivity contribution in [2.24, 2.45) is 0 Å². The van der Waals surface area contributed by atoms with Gasteiger partial charge in [-0.1, -0.05) is 89.9 Å². The molecule has 0 spiro atoms. The highest BCUT2D eigenvalue weighted by Gasteiger charge is 2.04. The molecule has 0 rings (SSSR count). The highest BCUT2D eigenvalue weighted by Crippen LogP contribution is 2.15. The van der Waals surface area contributed by atoms with E-state index in [0.717, 1.165) is 51.4 Å². The van der Waals surface area contributed by atoms with Gasteiger partial charge >= 0.3 is 0 Å². The van der Waals surface area contributed by atoms with Crippen molar-refractivity contribution in [2.45, 2.75) is 128 Å². The Morgan fingerprint density at radius 2 is 0.692 bits per heavy atom. The molecule has 0 aromatic carbocycles. The summed E-state index contributed by atoms with van der Waals surface area (Å²) >= 11 is 0. The molecule has 0 aliphatic heterocycles. The van der Waals surface area contributed by atoms with Gasteiger partial charge in [0.25, 0.3) is 0 Å². The second kappa shape index (κ2) is 21.1. The first-order chi connectivity index (χ1) is 12.7. The van der Waals surface area contributed by atoms with Crippen LogP contribution >= 0.6 is 0 Å². The fourth-order valence-electron chi connectivity index (χ4n) is 3.43. The Morgan fingerprint density at radius 3 is 1.04 bits per heavy atom. The van der Waals surface area contributed by atoms with Gasteiger partial charge in [0.2, 0.25) is 0 Å². The minimum Gasteiger partial charge on any atom is -0.396 e. The molecule has 0 aliphatic rings. The van der Waals surface area contributed by atoms with E-state index in [1.54, 1.807) is 0 Å². The van der Waals surface area contributed by atoms with Crippen LogP contribution in [0, 0.1) is 0 Å². The number of aliphatic hydroxyl groups excluding tert-OH is 4. The molecule has 0 aromatic heterocycles. The summed E-state index contributed by atoms with van der Waals surface area (Å²) in [5.74, 6) is 0. The van der Waals surface area contributed by atoms with Crippen LogP contribution in [0.3, 0.4) is 0 Å². The Bertz CT molecular complexity index is 261. The molecule has 0 saturated carbocycles. The molecule has 2 atom stereocenters. The fraction of sp³-hybridized carbons (Fsp3) is 1.00. The topological polar surface area (TPSA) is 80.9 Å². The van der Waals surface area contributed by atoms with Gasteiger partial charge in [-0.3, -0.25) is 0 Å². The van der Waals surface area contributed by atoms with E-state index in [2.05, 4.69) is 0 Å². The molecule has 4 heteroatoms. The van der Waals surface area contributed by atoms with Crippen LogP contribution in [0.4, 0.5) is 0 Å². The maximum Gasteiger partial charge on any atom is 0.0770 e. The summed E-state index contributed by atoms with van der Waals surface area (Å²) in [5, 5.41) is 36.7. The third-order valence-corrected chi connectivity index (χ3v) is 5.23. The molecule has 2 unspecified atom stereocenters. The van der Waals surface area contributed by atoms with Gasteiger partial charge in [-0.15, -0.1) is 0 Å². The van der Waals surface area contributed by atoms with Gasteiger partial charge in [0.1, 0.15) is 0 Å². The molecule has 0 aromatic rings. The van der Waals surface area contributed by atoms with Crippen LogP contribution in [0.25, 0.3) is 0 Å². The molecule has 4 N–H and O–H groups in total. The van der Waals surface area contributed by atoms with E-state index in [9.17, 15) is 10.2 Å². The summed E-state index contributed by atoms with van der Waals surface area (Å²) in [7, 11) is 0. The molecule has 0 fully saturated rings. The van der Waals surface area contributed by atoms with Crippen molar-refractivity contribution in [2.75, 3.05) is 13.2 Å². The van der Waals surface area contributed by atoms with Crippen LogP contribution < -0.4 is 0 Å². The van der Waals surface area contributed by atoms with Gasteiger partial charge in [0.05, 0.1) is 18.8 Å². The van der Waals surface area contributed by atoms with Crippen molar-refractivity contribution in [3.8, 4) is 0 Å². The molecule has 0 aliphatic carbocycles. The van der Waals surface area contributed by atoms with Crippen LogP contribution in [0.2, 0.25) is 0 Å². The minimum atomic E-state index is -0.534. The average molecular weight is 375 g/mol. The highest BCUT2D eigenvalue weighted by molar-refractivity contribution is 4.58. The Balaban J connectivity index is 3.16. The number of aliphatic hydroxyl groups is 4. The van der Waals surface area contributed by atoms with E-state index in [1.165, 1.54) is 57.8 Å². The van der Waals surface area contributed by atoms with Gasteiger partial charge in [0.15, 0.2) is 0 Å². The van der Waals surface area contributed by atoms with Gasteiger partial charge in [-0.25, -0.2) is 0 Å². The number of hydrogen-bond donors (Lipinski definition) is 4. The second-order valence-corrected chi connectivity index (χ2v) is 7.88. The van der Waals surface area contributed by atoms with Gasteiger partial charge in [-0.05, 0) is 25.7 Å². The summed E-state index contributed by atoms with van der Waals surface area (Å²) < 4.78 is 0. The molecular weight excluding hydrogens is 328 g/mol. The Morgan fingerprint density at radius 1 is 0.385 bits per heavy atom. The number of unbranched alkanes of at least 4 members (excludes halogenated alkanes) is 13. The lowest BCUT2D eigenvalue weighted by molar-refractivity contribution is 0.0860. The fourth-order valence-corrected chi connectivity index (χ4v) is 3.43. The third-order valence-electron chi connectivity index (χ3n) is 5.23. The predicted molar refractivity (Wildman–Crippen MR) is 109 cm³/mol. The van der Waals surface area contributed by atoms with Crippen molar-refractivity contribution in [3.05, 3.63) is 0 Å². The highest BCUT2D eigenvalue weighted by atomic mass is 16.3. The molecule has 26 heavy (non-hydrogen) atoms. The average Bonchev–Trinajstić information content (AvgIpc) is 2.65. The van der Waals surface area contributed by atoms with E-state index in [4.69, 9.17) is 10.2 Å². The zero-order chi connectivity index (χ0) is 19.3. The van der Waals surface area contributed by atoms with Gasteiger partial charge < -0.3 is 20.4 Å². The van der Waals surface area contributed by atoms with Crippen LogP contribution in [-0.2, 0) is 0 Å². The standard InChI is InChI=1S/C22H46O4/c23-19-15-11-7-2-1-4-8-12-16-21(25)17-13-9-5-3-6-10-14-18-22(26)20-24/h21-26H,1-20H2. The van der Waals surface area contributed by atoms with Crippen LogP contribution in [-0.4, -0.2) is 45.8 Å². The van der Waals surface area contributed by atoms with E-state index in [1.807, 2.05) is 0 Å². The summed E-state index contributed by atoms with van der Waals surface area (Å²) in [6, 6.07) is 0. The molecule has 0 amide bonds. The van der Waals surface area contributed by atoms with Gasteiger partial charge in [-0.2, -0.15) is 0 Å². The summed E-state index contributed by atoms with van der Waals surface area (Å²) in [4.78, 5) is 0. The molecule has 0 heterocycles. The van der Waals surface area contributed by atoms with Crippen LogP contribution in [0.1, 0.15) is 116 Å². The van der Waals surface area contributed by atoms with Crippen molar-refractivity contribution in [1.29, 1.82) is 0 Å². The van der Waals surface area contributed by atoms with E-state index in [-0.39, 0.29) is 12.7 Å². The third kappa shape index (κ3) is 20.2. The molecule has 0 radical (unpaired) electrons. The zero-order valence-corrected chi connectivity index (χ0v) is 17.1. The first-order valence-corrected chi connectivity index (χ1v) is 11.3. The first kappa shape index (κ1) is 25.8. The second-order valence-electron chi connectivity index (χ2n) is 7.88. The van der Waals surface area contributed by atoms with Crippen molar-refractivity contribution >= 4 is 0 Å². The molecule has 158 valence electrons. The maximum atomic E-state index is 10.0. The zero-order valence-electron chi connectivity index (χ0n) is 17.1. The van der Waals surface area contributed by atoms with Crippen molar-refractivity contribution in [1.82, 2.24) is 0 Å². The summed E-state index contributed by atoms with van der Waals surface area (Å²) in [5.41, 5.74) is 0. The summed E-state index contributed by atoms with van der Waals surface area (Å²) in [6.45, 7) is 0.210. The smallest absolute Gasteiger partial charge is 0.0770 e. The first-order valence-electron chi connectivity index (χ1n) is 11.3. The van der Waals surface area contributed by atoms with E-state index >= 15 is 0 Å². The monoisotopic (exact) mass is 374 g/mol. The molecule has 0 saturated heterocycles. The van der Waals surface area contributed by atoms with Crippen molar-refractivity contribution in [3.63, 3.8) is 0 Å². The lowest BCUT2D eigenvalue weighted by atomic mass is 10.0. The van der Waals surface area contributed by atoms with Crippen LogP contribution in [0.5, 0.6) is 0 Å². The van der Waals surface area contributed by atoms with E-state index < -0.39 is 6.10 Å². The normalized spacial score (nSPS) is 13.8. The Labute approximate surface area is 162 Å². The van der Waals surface area contributed by atoms with Gasteiger partial charge in [0, 0.05) is 6.61 Å². The lowest BCUT2D eigenvalue weighted by Crippen LogP contribution is -2.10. The number of rotatable bonds is 21.